The number of anilines is 1. The van der Waals surface area contributed by atoms with Crippen molar-refractivity contribution >= 4 is 22.4 Å². The Bertz CT molecular complexity index is 852. The number of hydrogen-bond acceptors (Lipinski definition) is 2. The van der Waals surface area contributed by atoms with Crippen molar-refractivity contribution in [2.24, 2.45) is 0 Å². The van der Waals surface area contributed by atoms with E-state index < -0.39 is 0 Å². The number of carbonyl (C=O) groups excluding carboxylic acids is 1. The first-order valence-corrected chi connectivity index (χ1v) is 8.09. The van der Waals surface area contributed by atoms with Gasteiger partial charge in [-0.15, -0.1) is 0 Å². The van der Waals surface area contributed by atoms with Crippen molar-refractivity contribution < 1.29 is 9.53 Å². The monoisotopic (exact) mass is 319 g/mol. The van der Waals surface area contributed by atoms with Crippen LogP contribution in [-0.4, -0.2) is 13.0 Å². The van der Waals surface area contributed by atoms with Crippen molar-refractivity contribution in [3.63, 3.8) is 0 Å². The number of para-hydroxylation sites is 1. The molecule has 0 radical (unpaired) electrons. The Kier molecular flexibility index (Phi) is 4.80. The summed E-state index contributed by atoms with van der Waals surface area (Å²) in [5.41, 5.74) is 1.90. The van der Waals surface area contributed by atoms with Gasteiger partial charge in [-0.3, -0.25) is 4.79 Å². The zero-order valence-electron chi connectivity index (χ0n) is 14.0. The molecule has 1 atom stereocenters. The number of benzene rings is 3. The van der Waals surface area contributed by atoms with E-state index >= 15 is 0 Å². The molecule has 1 unspecified atom stereocenters. The van der Waals surface area contributed by atoms with Crippen LogP contribution in [0, 0.1) is 0 Å². The summed E-state index contributed by atoms with van der Waals surface area (Å²) in [6.45, 7) is 2.04. The van der Waals surface area contributed by atoms with Gasteiger partial charge in [-0.05, 0) is 29.0 Å². The normalized spacial score (nSPS) is 11.9. The Morgan fingerprint density at radius 2 is 1.71 bits per heavy atom. The highest BCUT2D eigenvalue weighted by molar-refractivity contribution is 6.02. The summed E-state index contributed by atoms with van der Waals surface area (Å²) in [6.07, 6.45) is 0.406. The highest BCUT2D eigenvalue weighted by atomic mass is 16.5. The van der Waals surface area contributed by atoms with E-state index in [1.165, 1.54) is 0 Å². The van der Waals surface area contributed by atoms with E-state index in [0.29, 0.717) is 6.42 Å². The number of carbonyl (C=O) groups is 1. The first kappa shape index (κ1) is 16.1. The summed E-state index contributed by atoms with van der Waals surface area (Å²) in [5.74, 6) is 0.906. The third-order valence-corrected chi connectivity index (χ3v) is 4.23. The predicted molar refractivity (Wildman–Crippen MR) is 98.6 cm³/mol. The maximum atomic E-state index is 12.5. The number of methoxy groups -OCH3 is 1. The molecule has 3 rings (SSSR count). The van der Waals surface area contributed by atoms with E-state index in [4.69, 9.17) is 4.74 Å². The molecule has 3 heteroatoms. The molecule has 0 aromatic heterocycles. The Morgan fingerprint density at radius 3 is 2.54 bits per heavy atom. The lowest BCUT2D eigenvalue weighted by atomic mass is 9.96. The lowest BCUT2D eigenvalue weighted by Gasteiger charge is -2.16. The van der Waals surface area contributed by atoms with Gasteiger partial charge in [0.25, 0.3) is 0 Å². The van der Waals surface area contributed by atoms with Gasteiger partial charge in [0.05, 0.1) is 7.11 Å². The molecule has 3 aromatic rings. The van der Waals surface area contributed by atoms with Crippen LogP contribution in [0.25, 0.3) is 10.8 Å². The molecule has 1 amide bonds. The van der Waals surface area contributed by atoms with Gasteiger partial charge in [0.1, 0.15) is 5.75 Å². The molecule has 0 spiro atoms. The van der Waals surface area contributed by atoms with Gasteiger partial charge in [-0.25, -0.2) is 0 Å². The summed E-state index contributed by atoms with van der Waals surface area (Å²) in [6, 6.07) is 21.8. The van der Waals surface area contributed by atoms with Gasteiger partial charge in [-0.2, -0.15) is 0 Å². The average Bonchev–Trinajstić information content (AvgIpc) is 2.62. The molecule has 0 heterocycles. The highest BCUT2D eigenvalue weighted by Gasteiger charge is 2.15. The third-order valence-electron chi connectivity index (χ3n) is 4.23. The maximum absolute atomic E-state index is 12.5. The Balaban J connectivity index is 1.75. The minimum Gasteiger partial charge on any atom is -0.496 e. The molecule has 0 aliphatic heterocycles. The maximum Gasteiger partial charge on any atom is 0.224 e. The number of fused-ring (bicyclic) bond motifs is 1. The third kappa shape index (κ3) is 3.40. The topological polar surface area (TPSA) is 38.3 Å². The van der Waals surface area contributed by atoms with Crippen LogP contribution in [0.15, 0.2) is 66.7 Å². The molecule has 24 heavy (non-hydrogen) atoms. The van der Waals surface area contributed by atoms with E-state index in [1.54, 1.807) is 7.11 Å². The first-order valence-electron chi connectivity index (χ1n) is 8.09. The number of rotatable bonds is 5. The zero-order valence-corrected chi connectivity index (χ0v) is 14.0. The molecule has 0 aliphatic rings. The summed E-state index contributed by atoms with van der Waals surface area (Å²) in [7, 11) is 1.65. The lowest BCUT2D eigenvalue weighted by Crippen LogP contribution is -2.15. The molecule has 0 bridgehead atoms. The van der Waals surface area contributed by atoms with Crippen molar-refractivity contribution in [1.29, 1.82) is 0 Å². The molecule has 3 nitrogen and oxygen atoms in total. The summed E-state index contributed by atoms with van der Waals surface area (Å²) >= 11 is 0. The highest BCUT2D eigenvalue weighted by Crippen LogP contribution is 2.29. The fraction of sp³-hybridized carbons (Fsp3) is 0.190. The van der Waals surface area contributed by atoms with Crippen LogP contribution >= 0.6 is 0 Å². The van der Waals surface area contributed by atoms with Crippen LogP contribution in [0.3, 0.4) is 0 Å². The van der Waals surface area contributed by atoms with Crippen molar-refractivity contribution in [3.8, 4) is 5.75 Å². The van der Waals surface area contributed by atoms with Crippen LogP contribution in [0.2, 0.25) is 0 Å². The summed E-state index contributed by atoms with van der Waals surface area (Å²) in [4.78, 5) is 12.5. The van der Waals surface area contributed by atoms with Gasteiger partial charge in [0, 0.05) is 17.5 Å². The van der Waals surface area contributed by atoms with Gasteiger partial charge in [-0.1, -0.05) is 61.5 Å². The van der Waals surface area contributed by atoms with Gasteiger partial charge >= 0.3 is 0 Å². The molecule has 0 fully saturated rings. The summed E-state index contributed by atoms with van der Waals surface area (Å²) in [5, 5.41) is 5.22. The standard InChI is InChI=1S/C21H21NO2/c1-15(17-10-5-6-13-20(17)24-2)14-21(23)22-19-12-7-9-16-8-3-4-11-18(16)19/h3-13,15H,14H2,1-2H3,(H,22,23). The van der Waals surface area contributed by atoms with Gasteiger partial charge in [0.15, 0.2) is 0 Å². The van der Waals surface area contributed by atoms with Crippen molar-refractivity contribution in [3.05, 3.63) is 72.3 Å². The Labute approximate surface area is 142 Å². The lowest BCUT2D eigenvalue weighted by molar-refractivity contribution is -0.116. The van der Waals surface area contributed by atoms with E-state index in [-0.39, 0.29) is 11.8 Å². The van der Waals surface area contributed by atoms with Crippen molar-refractivity contribution in [2.75, 3.05) is 12.4 Å². The van der Waals surface area contributed by atoms with Crippen LogP contribution in [-0.2, 0) is 4.79 Å². The number of amides is 1. The number of ether oxygens (including phenoxy) is 1. The molecule has 0 aliphatic carbocycles. The van der Waals surface area contributed by atoms with Crippen LogP contribution in [0.1, 0.15) is 24.8 Å². The molecule has 0 saturated carbocycles. The minimum absolute atomic E-state index is 0.00441. The van der Waals surface area contributed by atoms with E-state index in [0.717, 1.165) is 27.8 Å². The SMILES string of the molecule is COc1ccccc1C(C)CC(=O)Nc1cccc2ccccc12. The zero-order chi connectivity index (χ0) is 16.9. The molecule has 3 aromatic carbocycles. The van der Waals surface area contributed by atoms with Crippen molar-refractivity contribution in [2.45, 2.75) is 19.3 Å². The molecule has 1 N–H and O–H groups in total. The average molecular weight is 319 g/mol. The quantitative estimate of drug-likeness (QED) is 0.720. The van der Waals surface area contributed by atoms with Gasteiger partial charge < -0.3 is 10.1 Å². The molecule has 0 saturated heterocycles. The van der Waals surface area contributed by atoms with E-state index in [2.05, 4.69) is 5.32 Å². The first-order chi connectivity index (χ1) is 11.7. The molecule has 122 valence electrons. The smallest absolute Gasteiger partial charge is 0.224 e. The van der Waals surface area contributed by atoms with Crippen LogP contribution in [0.5, 0.6) is 5.75 Å². The van der Waals surface area contributed by atoms with Crippen LogP contribution in [0.4, 0.5) is 5.69 Å². The second-order valence-electron chi connectivity index (χ2n) is 5.92. The molecular formula is C21H21NO2. The van der Waals surface area contributed by atoms with Gasteiger partial charge in [0.2, 0.25) is 5.91 Å². The minimum atomic E-state index is 0.00441. The fourth-order valence-electron chi connectivity index (χ4n) is 3.00. The fourth-order valence-corrected chi connectivity index (χ4v) is 3.00. The van der Waals surface area contributed by atoms with Crippen LogP contribution < -0.4 is 10.1 Å². The predicted octanol–water partition coefficient (Wildman–Crippen LogP) is 4.98. The summed E-state index contributed by atoms with van der Waals surface area (Å²) < 4.78 is 5.39. The Hall–Kier alpha value is -2.81. The second-order valence-corrected chi connectivity index (χ2v) is 5.92. The Morgan fingerprint density at radius 1 is 1.00 bits per heavy atom. The number of hydrogen-bond donors (Lipinski definition) is 1. The van der Waals surface area contributed by atoms with Crippen molar-refractivity contribution in [1.82, 2.24) is 0 Å². The van der Waals surface area contributed by atoms with E-state index in [9.17, 15) is 4.79 Å². The number of nitrogens with one attached hydrogen (secondary N) is 1. The molecular weight excluding hydrogens is 298 g/mol. The second kappa shape index (κ2) is 7.18. The largest absolute Gasteiger partial charge is 0.496 e. The van der Waals surface area contributed by atoms with E-state index in [1.807, 2.05) is 73.7 Å².